The Bertz CT molecular complexity index is 572. The second kappa shape index (κ2) is 7.20. The van der Waals surface area contributed by atoms with Crippen molar-refractivity contribution in [2.75, 3.05) is 6.54 Å². The van der Waals surface area contributed by atoms with E-state index in [0.29, 0.717) is 4.90 Å². The monoisotopic (exact) mass is 376 g/mol. The van der Waals surface area contributed by atoms with Gasteiger partial charge in [0.25, 0.3) is 6.43 Å². The first-order valence-corrected chi connectivity index (χ1v) is 7.18. The van der Waals surface area contributed by atoms with Crippen LogP contribution in [0.2, 0.25) is 0 Å². The van der Waals surface area contributed by atoms with Gasteiger partial charge in [0, 0.05) is 6.54 Å². The summed E-state index contributed by atoms with van der Waals surface area (Å²) in [6, 6.07) is -1.86. The highest BCUT2D eigenvalue weighted by Gasteiger charge is 2.48. The van der Waals surface area contributed by atoms with Crippen LogP contribution >= 0.6 is 25.3 Å². The predicted octanol–water partition coefficient (Wildman–Crippen LogP) is 2.72. The quantitative estimate of drug-likeness (QED) is 0.573. The Morgan fingerprint density at radius 2 is 1.78 bits per heavy atom. The van der Waals surface area contributed by atoms with Gasteiger partial charge in [-0.1, -0.05) is 26.5 Å². The lowest BCUT2D eigenvalue weighted by atomic mass is 10.0. The summed E-state index contributed by atoms with van der Waals surface area (Å²) in [5.41, 5.74) is -4.12. The van der Waals surface area contributed by atoms with E-state index in [0.717, 1.165) is 0 Å². The topological polar surface area (TPSA) is 49.7 Å². The average molecular weight is 376 g/mol. The molecular formula is C12H13F5N2O2S2. The molecule has 1 heterocycles. The van der Waals surface area contributed by atoms with Crippen LogP contribution in [0.4, 0.5) is 22.0 Å². The van der Waals surface area contributed by atoms with Gasteiger partial charge >= 0.3 is 6.18 Å². The van der Waals surface area contributed by atoms with Crippen molar-refractivity contribution in [3.63, 3.8) is 0 Å². The van der Waals surface area contributed by atoms with Crippen LogP contribution < -0.4 is 0 Å². The maximum atomic E-state index is 13.1. The van der Waals surface area contributed by atoms with E-state index in [4.69, 9.17) is 0 Å². The fourth-order valence-electron chi connectivity index (χ4n) is 2.11. The molecule has 0 aliphatic carbocycles. The number of carbonyl (C=O) groups excluding carboxylic acids is 2. The van der Waals surface area contributed by atoms with Crippen LogP contribution in [0.15, 0.2) is 16.4 Å². The molecule has 23 heavy (non-hydrogen) atoms. The lowest BCUT2D eigenvalue weighted by molar-refractivity contribution is -0.117. The number of halogens is 5. The molecule has 1 aliphatic heterocycles. The molecule has 130 valence electrons. The van der Waals surface area contributed by atoms with Crippen molar-refractivity contribution in [1.29, 1.82) is 0 Å². The van der Waals surface area contributed by atoms with Crippen molar-refractivity contribution in [3.8, 4) is 0 Å². The molecule has 1 aliphatic rings. The summed E-state index contributed by atoms with van der Waals surface area (Å²) in [4.78, 5) is 26.7. The smallest absolute Gasteiger partial charge is 0.350 e. The first-order valence-electron chi connectivity index (χ1n) is 6.28. The molecule has 0 fully saturated rings. The zero-order valence-electron chi connectivity index (χ0n) is 11.9. The maximum absolute atomic E-state index is 13.1. The summed E-state index contributed by atoms with van der Waals surface area (Å²) in [6.45, 7) is 2.91. The van der Waals surface area contributed by atoms with Crippen LogP contribution in [-0.4, -0.2) is 46.0 Å². The number of hydrogen-bond donors (Lipinski definition) is 2. The van der Waals surface area contributed by atoms with Gasteiger partial charge in [0.05, 0.1) is 0 Å². The number of alkyl halides is 5. The van der Waals surface area contributed by atoms with Crippen molar-refractivity contribution in [1.82, 2.24) is 4.90 Å². The predicted molar refractivity (Wildman–Crippen MR) is 79.8 cm³/mol. The van der Waals surface area contributed by atoms with Gasteiger partial charge in [-0.2, -0.15) is 13.2 Å². The number of rotatable bonds is 5. The minimum absolute atomic E-state index is 0.260. The van der Waals surface area contributed by atoms with E-state index < -0.39 is 46.0 Å². The number of thiol groups is 2. The lowest BCUT2D eigenvalue weighted by Gasteiger charge is -2.38. The maximum Gasteiger partial charge on any atom is 0.435 e. The van der Waals surface area contributed by atoms with Gasteiger partial charge in [0.15, 0.2) is 5.70 Å². The van der Waals surface area contributed by atoms with Gasteiger partial charge in [-0.05, 0) is 5.92 Å². The molecule has 0 N–H and O–H groups in total. The van der Waals surface area contributed by atoms with E-state index in [2.05, 4.69) is 30.2 Å². The summed E-state index contributed by atoms with van der Waals surface area (Å²) in [5, 5.41) is -2.47. The highest BCUT2D eigenvalue weighted by atomic mass is 32.1. The first kappa shape index (κ1) is 19.9. The molecule has 4 nitrogen and oxygen atoms in total. The molecule has 0 aromatic rings. The standard InChI is InChI=1S/C12H13F5N2O2S2/c1-4(2)3-19-6(10(20)22)5(9(13)14)18-8(12(15,16)17)7(19)11(21)23/h4,6,9H,3H2,1-2H3,(H,20,22)(H,21,23). The summed E-state index contributed by atoms with van der Waals surface area (Å²) < 4.78 is 65.5. The van der Waals surface area contributed by atoms with E-state index in [-0.39, 0.29) is 12.5 Å². The van der Waals surface area contributed by atoms with Gasteiger partial charge in [-0.3, -0.25) is 9.59 Å². The third kappa shape index (κ3) is 4.46. The van der Waals surface area contributed by atoms with Crippen molar-refractivity contribution in [2.24, 2.45) is 10.9 Å². The molecule has 1 atom stereocenters. The van der Waals surface area contributed by atoms with Crippen LogP contribution in [0, 0.1) is 5.92 Å². The van der Waals surface area contributed by atoms with Crippen LogP contribution in [0.1, 0.15) is 13.8 Å². The number of carbonyl (C=O) groups is 2. The van der Waals surface area contributed by atoms with Crippen molar-refractivity contribution >= 4 is 41.2 Å². The average Bonchev–Trinajstić information content (AvgIpc) is 2.34. The Kier molecular flexibility index (Phi) is 6.25. The van der Waals surface area contributed by atoms with Crippen LogP contribution in [0.3, 0.4) is 0 Å². The number of allylic oxidation sites excluding steroid dienone is 1. The normalized spacial score (nSPS) is 19.5. The molecule has 0 amide bonds. The Balaban J connectivity index is 3.70. The number of aliphatic imine (C=N–C) groups is 1. The second-order valence-electron chi connectivity index (χ2n) is 5.12. The summed E-state index contributed by atoms with van der Waals surface area (Å²) in [7, 11) is 0. The van der Waals surface area contributed by atoms with E-state index in [1.54, 1.807) is 13.8 Å². The Labute approximate surface area is 139 Å². The molecule has 0 radical (unpaired) electrons. The zero-order chi connectivity index (χ0) is 18.1. The highest BCUT2D eigenvalue weighted by molar-refractivity contribution is 7.97. The highest BCUT2D eigenvalue weighted by Crippen LogP contribution is 2.37. The summed E-state index contributed by atoms with van der Waals surface area (Å²) >= 11 is 6.83. The van der Waals surface area contributed by atoms with Gasteiger partial charge < -0.3 is 4.90 Å². The van der Waals surface area contributed by atoms with E-state index in [1.807, 2.05) is 0 Å². The van der Waals surface area contributed by atoms with Crippen LogP contribution in [0.5, 0.6) is 0 Å². The fourth-order valence-corrected chi connectivity index (χ4v) is 2.61. The molecule has 0 aromatic heterocycles. The van der Waals surface area contributed by atoms with Gasteiger partial charge in [-0.15, -0.1) is 12.6 Å². The fraction of sp³-hybridized carbons (Fsp3) is 0.583. The summed E-state index contributed by atoms with van der Waals surface area (Å²) in [6.07, 6.45) is -8.58. The molecular weight excluding hydrogens is 363 g/mol. The molecule has 11 heteroatoms. The van der Waals surface area contributed by atoms with Gasteiger partial charge in [-0.25, -0.2) is 13.8 Å². The van der Waals surface area contributed by atoms with E-state index >= 15 is 0 Å². The minimum Gasteiger partial charge on any atom is -0.350 e. The van der Waals surface area contributed by atoms with Crippen molar-refractivity contribution < 1.29 is 31.5 Å². The Morgan fingerprint density at radius 3 is 2.09 bits per heavy atom. The summed E-state index contributed by atoms with van der Waals surface area (Å²) in [5.74, 6) is -0.334. The third-order valence-corrected chi connectivity index (χ3v) is 3.29. The number of nitrogens with zero attached hydrogens (tertiary/aromatic N) is 2. The zero-order valence-corrected chi connectivity index (χ0v) is 13.7. The van der Waals surface area contributed by atoms with Gasteiger partial charge in [0.1, 0.15) is 17.5 Å². The minimum atomic E-state index is -5.16. The molecule has 0 aromatic carbocycles. The molecule has 0 saturated heterocycles. The molecule has 0 bridgehead atoms. The molecule has 1 unspecified atom stereocenters. The van der Waals surface area contributed by atoms with Crippen LogP contribution in [0.25, 0.3) is 0 Å². The molecule has 0 saturated carbocycles. The number of hydrogen-bond acceptors (Lipinski definition) is 4. The second-order valence-corrected chi connectivity index (χ2v) is 5.97. The molecule has 0 spiro atoms. The van der Waals surface area contributed by atoms with Crippen LogP contribution in [-0.2, 0) is 9.59 Å². The Morgan fingerprint density at radius 1 is 1.26 bits per heavy atom. The SMILES string of the molecule is CC(C)CN1C(C(=O)S)=C(C(F)(F)F)N=C(C(F)F)C1C(=O)S. The largest absolute Gasteiger partial charge is 0.435 e. The van der Waals surface area contributed by atoms with E-state index in [1.165, 1.54) is 0 Å². The van der Waals surface area contributed by atoms with E-state index in [9.17, 15) is 31.5 Å². The first-order chi connectivity index (χ1) is 10.4. The van der Waals surface area contributed by atoms with Gasteiger partial charge in [0.2, 0.25) is 10.2 Å². The third-order valence-electron chi connectivity index (χ3n) is 2.83. The lowest BCUT2D eigenvalue weighted by Crippen LogP contribution is -2.52. The molecule has 1 rings (SSSR count). The van der Waals surface area contributed by atoms with Crippen molar-refractivity contribution in [2.45, 2.75) is 32.5 Å². The Hall–Kier alpha value is -1.10. The van der Waals surface area contributed by atoms with Crippen molar-refractivity contribution in [3.05, 3.63) is 11.4 Å².